The van der Waals surface area contributed by atoms with Crippen LogP contribution in [0.5, 0.6) is 0 Å². The number of rotatable bonds is 4. The van der Waals surface area contributed by atoms with E-state index in [1.54, 1.807) is 0 Å². The first-order valence-electron chi connectivity index (χ1n) is 6.52. The van der Waals surface area contributed by atoms with Crippen LogP contribution < -0.4 is 0 Å². The quantitative estimate of drug-likeness (QED) is 0.528. The van der Waals surface area contributed by atoms with Gasteiger partial charge in [0.15, 0.2) is 0 Å². The van der Waals surface area contributed by atoms with Gasteiger partial charge in [-0.15, -0.1) is 0 Å². The van der Waals surface area contributed by atoms with Crippen molar-refractivity contribution >= 4 is 50.5 Å². The zero-order valence-corrected chi connectivity index (χ0v) is 16.3. The van der Waals surface area contributed by atoms with Crippen molar-refractivity contribution in [2.24, 2.45) is 0 Å². The Kier molecular flexibility index (Phi) is 13.9. The van der Waals surface area contributed by atoms with Gasteiger partial charge in [0, 0.05) is 0 Å². The Labute approximate surface area is 153 Å². The van der Waals surface area contributed by atoms with Crippen LogP contribution in [0, 0.1) is 0 Å². The minimum Gasteiger partial charge on any atom is -0.788 e. The summed E-state index contributed by atoms with van der Waals surface area (Å²) < 4.78 is 9.66. The topological polar surface area (TPSA) is 18.5 Å². The van der Waals surface area contributed by atoms with E-state index < -0.39 is 9.54 Å². The molecule has 0 spiro atoms. The molecule has 0 aliphatic heterocycles. The third-order valence-electron chi connectivity index (χ3n) is 3.21. The van der Waals surface area contributed by atoms with E-state index >= 15 is 0 Å². The summed E-state index contributed by atoms with van der Waals surface area (Å²) in [6.07, 6.45) is 10.5. The second kappa shape index (κ2) is 12.5. The Hall–Kier alpha value is 2.01. The summed E-state index contributed by atoms with van der Waals surface area (Å²) in [7, 11) is 0. The molecular formula is C12H20O2PtS4. The molecule has 0 aromatic carbocycles. The Morgan fingerprint density at radius 3 is 1.11 bits per heavy atom. The van der Waals surface area contributed by atoms with E-state index in [9.17, 15) is 0 Å². The number of hydrogen-bond donors (Lipinski definition) is 0. The minimum absolute atomic E-state index is 0. The van der Waals surface area contributed by atoms with Crippen molar-refractivity contribution < 1.29 is 30.5 Å². The van der Waals surface area contributed by atoms with Crippen molar-refractivity contribution in [3.05, 3.63) is 0 Å². The van der Waals surface area contributed by atoms with Crippen LogP contribution in [0.3, 0.4) is 0 Å². The Bertz CT molecular complexity index is 186. The van der Waals surface area contributed by atoms with Crippen molar-refractivity contribution in [3.63, 3.8) is 0 Å². The molecule has 2 aliphatic rings. The van der Waals surface area contributed by atoms with Gasteiger partial charge in [0.1, 0.15) is 0 Å². The van der Waals surface area contributed by atoms with Crippen LogP contribution in [0.1, 0.15) is 51.4 Å². The van der Waals surface area contributed by atoms with Crippen LogP contribution in [0.25, 0.3) is 0 Å². The zero-order chi connectivity index (χ0) is 13.4. The van der Waals surface area contributed by atoms with Gasteiger partial charge in [-0.2, -0.15) is 9.54 Å². The molecule has 0 bridgehead atoms. The fourth-order valence-electron chi connectivity index (χ4n) is 2.36. The van der Waals surface area contributed by atoms with Gasteiger partial charge < -0.3 is 60.0 Å². The van der Waals surface area contributed by atoms with Crippen LogP contribution in [0.4, 0.5) is 0 Å². The summed E-state index contributed by atoms with van der Waals surface area (Å²) in [5, 5.41) is 0. The van der Waals surface area contributed by atoms with E-state index in [-0.39, 0.29) is 21.1 Å². The normalized spacial score (nSPS) is 20.5. The molecule has 2 aliphatic carbocycles. The van der Waals surface area contributed by atoms with Crippen LogP contribution in [-0.2, 0) is 81.1 Å². The summed E-state index contributed by atoms with van der Waals surface area (Å²) in [6.45, 7) is 0. The van der Waals surface area contributed by atoms with Gasteiger partial charge in [0.2, 0.25) is 0 Å². The Morgan fingerprint density at radius 2 is 0.895 bits per heavy atom. The van der Waals surface area contributed by atoms with E-state index in [1.807, 2.05) is 0 Å². The van der Waals surface area contributed by atoms with Crippen molar-refractivity contribution in [2.45, 2.75) is 73.1 Å². The zero-order valence-electron chi connectivity index (χ0n) is 10.7. The SMILES string of the molecule is [Pt+4].[S-]C([S-])OC1CCCC1.[S-]C([S-])OC1CCCC1. The maximum Gasteiger partial charge on any atom is 4.00 e. The molecule has 0 aromatic rings. The van der Waals surface area contributed by atoms with E-state index in [1.165, 1.54) is 25.7 Å². The molecule has 0 saturated heterocycles. The molecule has 0 radical (unpaired) electrons. The monoisotopic (exact) mass is 519 g/mol. The molecule has 19 heavy (non-hydrogen) atoms. The van der Waals surface area contributed by atoms with Crippen LogP contribution in [0.15, 0.2) is 0 Å². The van der Waals surface area contributed by atoms with Crippen molar-refractivity contribution in [2.75, 3.05) is 0 Å². The molecule has 114 valence electrons. The van der Waals surface area contributed by atoms with Crippen LogP contribution in [0.2, 0.25) is 0 Å². The average molecular weight is 520 g/mol. The Balaban J connectivity index is 0.000000324. The summed E-state index contributed by atoms with van der Waals surface area (Å²) in [5.41, 5.74) is 0. The summed E-state index contributed by atoms with van der Waals surface area (Å²) in [4.78, 5) is 0. The van der Waals surface area contributed by atoms with E-state index in [0.29, 0.717) is 12.2 Å². The molecule has 0 aromatic heterocycles. The second-order valence-corrected chi connectivity index (χ2v) is 6.97. The number of ether oxygens (including phenoxy) is 2. The molecule has 0 atom stereocenters. The fraction of sp³-hybridized carbons (Fsp3) is 1.00. The first-order chi connectivity index (χ1) is 8.58. The van der Waals surface area contributed by atoms with Gasteiger partial charge in [-0.25, -0.2) is 0 Å². The molecule has 7 heteroatoms. The predicted octanol–water partition coefficient (Wildman–Crippen LogP) is 2.64. The van der Waals surface area contributed by atoms with Gasteiger partial charge in [-0.3, -0.25) is 0 Å². The van der Waals surface area contributed by atoms with Gasteiger partial charge in [-0.1, -0.05) is 25.7 Å². The standard InChI is InChI=1S/2C6H12OS2.Pt/c2*8-6(9)7-5-3-1-2-4-5;/h2*5-6,8-9H,1-4H2;/q;;+4/p-4. The predicted molar refractivity (Wildman–Crippen MR) is 83.7 cm³/mol. The molecule has 2 saturated carbocycles. The van der Waals surface area contributed by atoms with Gasteiger partial charge >= 0.3 is 21.1 Å². The van der Waals surface area contributed by atoms with Crippen LogP contribution in [-0.4, -0.2) is 21.7 Å². The maximum absolute atomic E-state index is 5.24. The largest absolute Gasteiger partial charge is 4.00 e. The molecule has 0 amide bonds. The maximum atomic E-state index is 5.24. The average Bonchev–Trinajstić information content (AvgIpc) is 2.90. The molecular weight excluding hydrogens is 499 g/mol. The summed E-state index contributed by atoms with van der Waals surface area (Å²) >= 11 is 18.8. The first-order valence-corrected chi connectivity index (χ1v) is 8.40. The van der Waals surface area contributed by atoms with Gasteiger partial charge in [-0.05, 0) is 25.7 Å². The smallest absolute Gasteiger partial charge is 0.788 e. The fourth-order valence-corrected chi connectivity index (χ4v) is 2.99. The minimum atomic E-state index is -0.409. The van der Waals surface area contributed by atoms with Crippen LogP contribution >= 0.6 is 0 Å². The van der Waals surface area contributed by atoms with Crippen molar-refractivity contribution in [1.29, 1.82) is 0 Å². The van der Waals surface area contributed by atoms with E-state index in [2.05, 4.69) is 0 Å². The molecule has 2 rings (SSSR count). The molecule has 0 N–H and O–H groups in total. The molecule has 2 fully saturated rings. The molecule has 2 nitrogen and oxygen atoms in total. The third kappa shape index (κ3) is 11.3. The number of hydrogen-bond acceptors (Lipinski definition) is 6. The summed E-state index contributed by atoms with van der Waals surface area (Å²) in [5.74, 6) is 0. The summed E-state index contributed by atoms with van der Waals surface area (Å²) in [6, 6.07) is 0. The van der Waals surface area contributed by atoms with Crippen molar-refractivity contribution in [1.82, 2.24) is 0 Å². The van der Waals surface area contributed by atoms with Gasteiger partial charge in [0.05, 0.1) is 12.2 Å². The van der Waals surface area contributed by atoms with E-state index in [0.717, 1.165) is 25.7 Å². The Morgan fingerprint density at radius 1 is 0.632 bits per heavy atom. The van der Waals surface area contributed by atoms with Crippen molar-refractivity contribution in [3.8, 4) is 0 Å². The third-order valence-corrected chi connectivity index (χ3v) is 3.66. The second-order valence-electron chi connectivity index (χ2n) is 4.66. The van der Waals surface area contributed by atoms with Gasteiger partial charge in [0.25, 0.3) is 0 Å². The molecule has 0 unspecified atom stereocenters. The first kappa shape index (κ1) is 21.0. The molecule has 0 heterocycles. The van der Waals surface area contributed by atoms with E-state index in [4.69, 9.17) is 60.0 Å².